The number of nitrogens with one attached hydrogen (secondary N) is 1. The molecular weight excluding hydrogens is 516 g/mol. The van der Waals surface area contributed by atoms with Crippen LogP contribution in [0.3, 0.4) is 0 Å². The molecule has 4 heterocycles. The van der Waals surface area contributed by atoms with E-state index < -0.39 is 29.1 Å². The lowest BCUT2D eigenvalue weighted by molar-refractivity contribution is -0.130. The van der Waals surface area contributed by atoms with Gasteiger partial charge in [0.15, 0.2) is 17.2 Å². The van der Waals surface area contributed by atoms with Crippen molar-refractivity contribution in [2.75, 3.05) is 26.3 Å². The van der Waals surface area contributed by atoms with Crippen molar-refractivity contribution in [2.24, 2.45) is 5.92 Å². The number of fused-ring (bicyclic) bond motifs is 3. The predicted octanol–water partition coefficient (Wildman–Crippen LogP) is 3.57. The van der Waals surface area contributed by atoms with Crippen LogP contribution in [0.15, 0.2) is 41.9 Å². The van der Waals surface area contributed by atoms with Crippen LogP contribution in [0.25, 0.3) is 0 Å². The van der Waals surface area contributed by atoms with E-state index in [0.717, 1.165) is 0 Å². The molecule has 2 aromatic carbocycles. The Kier molecular flexibility index (Phi) is 4.75. The average molecular weight is 537 g/mol. The minimum Gasteiger partial charge on any atom is -0.496 e. The molecular formula is C26H21ClN4O7. The molecule has 1 aliphatic carbocycles. The highest BCUT2D eigenvalue weighted by Crippen LogP contribution is 2.55. The van der Waals surface area contributed by atoms with Gasteiger partial charge in [0.05, 0.1) is 14.2 Å². The molecule has 3 aromatic rings. The first kappa shape index (κ1) is 22.9. The number of halogens is 1. The van der Waals surface area contributed by atoms with Crippen LogP contribution in [0.4, 0.5) is 5.95 Å². The summed E-state index contributed by atoms with van der Waals surface area (Å²) in [6.07, 6.45) is 1.75. The Morgan fingerprint density at radius 1 is 1.11 bits per heavy atom. The van der Waals surface area contributed by atoms with Crippen molar-refractivity contribution >= 4 is 29.1 Å². The predicted molar refractivity (Wildman–Crippen MR) is 132 cm³/mol. The summed E-state index contributed by atoms with van der Waals surface area (Å²) in [6, 6.07) is 6.26. The van der Waals surface area contributed by atoms with Gasteiger partial charge in [0.1, 0.15) is 34.5 Å². The Morgan fingerprint density at radius 3 is 2.68 bits per heavy atom. The Morgan fingerprint density at radius 2 is 1.89 bits per heavy atom. The lowest BCUT2D eigenvalue weighted by Gasteiger charge is -2.41. The van der Waals surface area contributed by atoms with Crippen LogP contribution in [0.2, 0.25) is 5.02 Å². The number of aromatic nitrogens is 3. The number of ether oxygens (including phenoxy) is 5. The summed E-state index contributed by atoms with van der Waals surface area (Å²) in [6.45, 7) is 1.92. The van der Waals surface area contributed by atoms with Gasteiger partial charge in [0.25, 0.3) is 0 Å². The summed E-state index contributed by atoms with van der Waals surface area (Å²) in [4.78, 5) is 33.1. The zero-order valence-corrected chi connectivity index (χ0v) is 21.3. The first-order chi connectivity index (χ1) is 18.4. The number of anilines is 1. The molecule has 7 rings (SSSR count). The number of Topliss-reactive ketones (excluding diaryl/α,β-unsaturated/α-hetero) is 2. The number of hydrogen-bond donors (Lipinski definition) is 1. The Hall–Kier alpha value is -4.25. The number of benzene rings is 2. The zero-order valence-electron chi connectivity index (χ0n) is 20.5. The molecule has 0 saturated heterocycles. The number of methoxy groups -OCH3 is 2. The number of carbonyl (C=O) groups excluding carboxylic acids is 2. The van der Waals surface area contributed by atoms with Gasteiger partial charge in [0.2, 0.25) is 29.9 Å². The quantitative estimate of drug-likeness (QED) is 0.497. The number of rotatable bonds is 3. The van der Waals surface area contributed by atoms with Crippen molar-refractivity contribution in [2.45, 2.75) is 25.0 Å². The minimum absolute atomic E-state index is 0.0713. The van der Waals surface area contributed by atoms with E-state index in [1.807, 2.05) is 12.1 Å². The molecule has 0 fully saturated rings. The van der Waals surface area contributed by atoms with E-state index in [1.165, 1.54) is 26.6 Å². The summed E-state index contributed by atoms with van der Waals surface area (Å²) >= 11 is 6.57. The third-order valence-corrected chi connectivity index (χ3v) is 7.95. The van der Waals surface area contributed by atoms with Gasteiger partial charge in [-0.2, -0.15) is 10.1 Å². The summed E-state index contributed by atoms with van der Waals surface area (Å²) in [5, 5.41) is 7.73. The van der Waals surface area contributed by atoms with Crippen molar-refractivity contribution in [3.8, 4) is 28.7 Å². The van der Waals surface area contributed by atoms with Crippen LogP contribution >= 0.6 is 11.6 Å². The van der Waals surface area contributed by atoms with Gasteiger partial charge in [-0.25, -0.2) is 4.68 Å². The van der Waals surface area contributed by atoms with E-state index in [2.05, 4.69) is 15.4 Å². The van der Waals surface area contributed by atoms with Gasteiger partial charge >= 0.3 is 0 Å². The minimum atomic E-state index is -1.85. The smallest absolute Gasteiger partial charge is 0.236 e. The van der Waals surface area contributed by atoms with Crippen molar-refractivity contribution < 1.29 is 33.3 Å². The van der Waals surface area contributed by atoms with Crippen LogP contribution in [0.1, 0.15) is 35.3 Å². The second kappa shape index (κ2) is 7.87. The van der Waals surface area contributed by atoms with Gasteiger partial charge < -0.3 is 29.0 Å². The number of carbonyl (C=O) groups is 2. The molecule has 1 spiro atoms. The van der Waals surface area contributed by atoms with Crippen LogP contribution in [0.5, 0.6) is 28.7 Å². The van der Waals surface area contributed by atoms with Gasteiger partial charge in [-0.15, -0.1) is 0 Å². The lowest BCUT2D eigenvalue weighted by Crippen LogP contribution is -2.58. The Labute approximate surface area is 221 Å². The van der Waals surface area contributed by atoms with Crippen LogP contribution in [0, 0.1) is 5.92 Å². The molecule has 38 heavy (non-hydrogen) atoms. The maximum atomic E-state index is 14.6. The molecule has 1 N–H and O–H groups in total. The first-order valence-electron chi connectivity index (χ1n) is 11.9. The molecule has 3 atom stereocenters. The van der Waals surface area contributed by atoms with Crippen LogP contribution in [-0.2, 0) is 4.79 Å². The molecule has 1 aromatic heterocycles. The number of allylic oxidation sites excluding steroid dienone is 1. The number of hydrogen-bond acceptors (Lipinski definition) is 10. The molecule has 0 saturated carbocycles. The van der Waals surface area contributed by atoms with E-state index in [9.17, 15) is 9.59 Å². The van der Waals surface area contributed by atoms with Crippen molar-refractivity contribution in [3.63, 3.8) is 0 Å². The van der Waals surface area contributed by atoms with Crippen LogP contribution < -0.4 is 29.0 Å². The van der Waals surface area contributed by atoms with Gasteiger partial charge in [-0.1, -0.05) is 24.6 Å². The highest BCUT2D eigenvalue weighted by Gasteiger charge is 2.63. The van der Waals surface area contributed by atoms with Crippen LogP contribution in [-0.4, -0.2) is 52.9 Å². The van der Waals surface area contributed by atoms with Gasteiger partial charge in [0, 0.05) is 23.3 Å². The zero-order chi connectivity index (χ0) is 26.3. The topological polar surface area (TPSA) is 123 Å². The fourth-order valence-electron chi connectivity index (χ4n) is 5.78. The van der Waals surface area contributed by atoms with Crippen molar-refractivity contribution in [1.29, 1.82) is 0 Å². The van der Waals surface area contributed by atoms with E-state index in [4.69, 9.17) is 35.3 Å². The highest BCUT2D eigenvalue weighted by atomic mass is 35.5. The van der Waals surface area contributed by atoms with Gasteiger partial charge in [-0.05, 0) is 24.1 Å². The lowest BCUT2D eigenvalue weighted by atomic mass is 9.69. The SMILES string of the molecule is COc1cc(OC)c2c(c1Cl)O[C@@]1(C(=O)C3=C(C[C@H]1C)Nc1ncnn1[C@H]3c1ccc3c(c1)OCO3)C2=O. The van der Waals surface area contributed by atoms with E-state index in [0.29, 0.717) is 40.7 Å². The molecule has 4 aliphatic rings. The fraction of sp³-hybridized carbons (Fsp3) is 0.308. The molecule has 3 aliphatic heterocycles. The maximum absolute atomic E-state index is 14.6. The number of nitrogens with zero attached hydrogens (tertiary/aromatic N) is 3. The second-order valence-electron chi connectivity index (χ2n) is 9.46. The Bertz CT molecular complexity index is 1600. The van der Waals surface area contributed by atoms with E-state index in [-0.39, 0.29) is 34.6 Å². The van der Waals surface area contributed by atoms with E-state index in [1.54, 1.807) is 17.7 Å². The standard InChI is InChI=1S/C26H21ClN4O7/c1-11-6-13-18(21(31-25(30-13)28-9-29-31)12-4-5-14-15(7-12)37-10-36-14)23(32)26(11)24(33)19-16(34-2)8-17(35-3)20(27)22(19)38-26/h4-5,7-9,11,21H,6,10H2,1-3H3,(H,28,29,30)/t11-,21+,26+/m1/s1. The Balaban J connectivity index is 1.40. The third kappa shape index (κ3) is 2.79. The number of ketones is 2. The fourth-order valence-corrected chi connectivity index (χ4v) is 6.05. The molecule has 11 nitrogen and oxygen atoms in total. The third-order valence-electron chi connectivity index (χ3n) is 7.60. The largest absolute Gasteiger partial charge is 0.496 e. The molecule has 0 bridgehead atoms. The normalized spacial score (nSPS) is 24.5. The summed E-state index contributed by atoms with van der Waals surface area (Å²) in [5.41, 5.74) is -0.0122. The highest BCUT2D eigenvalue weighted by molar-refractivity contribution is 6.36. The summed E-state index contributed by atoms with van der Waals surface area (Å²) in [7, 11) is 2.88. The summed E-state index contributed by atoms with van der Waals surface area (Å²) in [5.74, 6) is 0.674. The van der Waals surface area contributed by atoms with Gasteiger partial charge in [-0.3, -0.25) is 9.59 Å². The maximum Gasteiger partial charge on any atom is 0.236 e. The molecule has 0 unspecified atom stereocenters. The monoisotopic (exact) mass is 536 g/mol. The molecule has 194 valence electrons. The van der Waals surface area contributed by atoms with Crippen molar-refractivity contribution in [3.05, 3.63) is 58.0 Å². The molecule has 0 radical (unpaired) electrons. The average Bonchev–Trinajstić information content (AvgIpc) is 3.65. The van der Waals surface area contributed by atoms with Crippen molar-refractivity contribution in [1.82, 2.24) is 14.8 Å². The molecule has 12 heteroatoms. The summed E-state index contributed by atoms with van der Waals surface area (Å²) < 4.78 is 29.8. The second-order valence-corrected chi connectivity index (χ2v) is 9.84. The first-order valence-corrected chi connectivity index (χ1v) is 12.3. The molecule has 0 amide bonds. The van der Waals surface area contributed by atoms with E-state index >= 15 is 0 Å².